The Morgan fingerprint density at radius 2 is 2.00 bits per heavy atom. The Kier molecular flexibility index (Phi) is 3.84. The van der Waals surface area contributed by atoms with E-state index in [9.17, 15) is 8.42 Å². The highest BCUT2D eigenvalue weighted by Crippen LogP contribution is 2.00. The third-order valence-electron chi connectivity index (χ3n) is 1.81. The van der Waals surface area contributed by atoms with Gasteiger partial charge in [-0.2, -0.15) is 0 Å². The number of hydrogen-bond donors (Lipinski definition) is 2. The summed E-state index contributed by atoms with van der Waals surface area (Å²) < 4.78 is 22.3. The molecule has 3 N–H and O–H groups in total. The quantitative estimate of drug-likeness (QED) is 0.733. The van der Waals surface area contributed by atoms with Crippen molar-refractivity contribution >= 4 is 21.5 Å². The maximum atomic E-state index is 11.1. The number of nitrogens with zero attached hydrogens (tertiary/aromatic N) is 2. The Balaban J connectivity index is 2.42. The number of nitrogen functional groups attached to an aromatic ring is 1. The number of hydrogen-bond acceptors (Lipinski definition) is 6. The number of nitrogens with one attached hydrogen (secondary N) is 1. The van der Waals surface area contributed by atoms with Gasteiger partial charge in [-0.25, -0.2) is 18.4 Å². The highest BCUT2D eigenvalue weighted by Gasteiger charge is 2.06. The Bertz CT molecular complexity index is 401. The molecule has 0 saturated heterocycles. The van der Waals surface area contributed by atoms with Crippen LogP contribution in [0.3, 0.4) is 0 Å². The molecule has 6 nitrogen and oxygen atoms in total. The summed E-state index contributed by atoms with van der Waals surface area (Å²) in [5.41, 5.74) is 5.87. The smallest absolute Gasteiger partial charge is 0.222 e. The van der Waals surface area contributed by atoms with Crippen LogP contribution in [0.1, 0.15) is 6.92 Å². The van der Waals surface area contributed by atoms with Crippen molar-refractivity contribution in [3.63, 3.8) is 0 Å². The summed E-state index contributed by atoms with van der Waals surface area (Å²) in [6, 6.07) is 0. The minimum absolute atomic E-state index is 0.0806. The number of nitrogens with two attached hydrogens (primary N) is 1. The van der Waals surface area contributed by atoms with Crippen LogP contribution in [-0.4, -0.2) is 36.4 Å². The summed E-state index contributed by atoms with van der Waals surface area (Å²) in [5.74, 6) is 0.615. The normalized spacial score (nSPS) is 11.3. The molecular weight excluding hydrogens is 216 g/mol. The van der Waals surface area contributed by atoms with E-state index in [0.717, 1.165) is 0 Å². The predicted octanol–water partition coefficient (Wildman–Crippen LogP) is -0.0946. The van der Waals surface area contributed by atoms with Crippen LogP contribution in [-0.2, 0) is 9.84 Å². The number of sulfone groups is 1. The van der Waals surface area contributed by atoms with Gasteiger partial charge in [-0.05, 0) is 0 Å². The molecule has 0 saturated carbocycles. The zero-order chi connectivity index (χ0) is 11.3. The lowest BCUT2D eigenvalue weighted by Crippen LogP contribution is -2.18. The van der Waals surface area contributed by atoms with E-state index in [1.54, 1.807) is 6.92 Å². The summed E-state index contributed by atoms with van der Waals surface area (Å²) in [6.07, 6.45) is 2.92. The van der Waals surface area contributed by atoms with E-state index in [1.165, 1.54) is 12.4 Å². The lowest BCUT2D eigenvalue weighted by molar-refractivity contribution is 0.597. The molecule has 0 aromatic carbocycles. The summed E-state index contributed by atoms with van der Waals surface area (Å²) in [7, 11) is -2.94. The van der Waals surface area contributed by atoms with Gasteiger partial charge < -0.3 is 11.1 Å². The van der Waals surface area contributed by atoms with Crippen LogP contribution in [0.5, 0.6) is 0 Å². The van der Waals surface area contributed by atoms with Crippen molar-refractivity contribution in [2.24, 2.45) is 0 Å². The first-order valence-electron chi connectivity index (χ1n) is 4.55. The second-order valence-corrected chi connectivity index (χ2v) is 5.48. The van der Waals surface area contributed by atoms with Gasteiger partial charge in [-0.1, -0.05) is 6.92 Å². The van der Waals surface area contributed by atoms with Gasteiger partial charge in [0.2, 0.25) is 5.95 Å². The van der Waals surface area contributed by atoms with Crippen LogP contribution in [0.25, 0.3) is 0 Å². The first-order valence-corrected chi connectivity index (χ1v) is 6.37. The Morgan fingerprint density at radius 3 is 2.53 bits per heavy atom. The van der Waals surface area contributed by atoms with Crippen LogP contribution in [0.4, 0.5) is 11.6 Å². The van der Waals surface area contributed by atoms with Crippen molar-refractivity contribution < 1.29 is 8.42 Å². The molecule has 1 aromatic heterocycles. The maximum Gasteiger partial charge on any atom is 0.222 e. The number of aromatic nitrogens is 2. The minimum atomic E-state index is -2.94. The van der Waals surface area contributed by atoms with Gasteiger partial charge in [0, 0.05) is 12.3 Å². The number of anilines is 2. The second kappa shape index (κ2) is 4.92. The van der Waals surface area contributed by atoms with Crippen LogP contribution in [0.2, 0.25) is 0 Å². The molecule has 1 heterocycles. The highest BCUT2D eigenvalue weighted by atomic mass is 32.2. The number of rotatable bonds is 5. The van der Waals surface area contributed by atoms with E-state index < -0.39 is 9.84 Å². The van der Waals surface area contributed by atoms with Gasteiger partial charge >= 0.3 is 0 Å². The Hall–Kier alpha value is -1.37. The molecule has 0 bridgehead atoms. The van der Waals surface area contributed by atoms with Crippen LogP contribution >= 0.6 is 0 Å². The molecule has 0 spiro atoms. The van der Waals surface area contributed by atoms with E-state index in [4.69, 9.17) is 5.73 Å². The molecule has 1 rings (SSSR count). The molecule has 0 aliphatic rings. The van der Waals surface area contributed by atoms with Crippen molar-refractivity contribution in [3.8, 4) is 0 Å². The third kappa shape index (κ3) is 4.11. The molecular formula is C8H14N4O2S. The fourth-order valence-electron chi connectivity index (χ4n) is 0.892. The molecule has 1 aromatic rings. The van der Waals surface area contributed by atoms with Gasteiger partial charge in [0.15, 0.2) is 9.84 Å². The zero-order valence-corrected chi connectivity index (χ0v) is 9.29. The molecule has 0 amide bonds. The van der Waals surface area contributed by atoms with Gasteiger partial charge in [0.05, 0.1) is 23.8 Å². The van der Waals surface area contributed by atoms with Crippen molar-refractivity contribution in [2.45, 2.75) is 6.92 Å². The molecule has 0 unspecified atom stereocenters. The van der Waals surface area contributed by atoms with Crippen molar-refractivity contribution in [1.29, 1.82) is 0 Å². The van der Waals surface area contributed by atoms with Crippen molar-refractivity contribution in [1.82, 2.24) is 9.97 Å². The summed E-state index contributed by atoms with van der Waals surface area (Å²) >= 11 is 0. The van der Waals surface area contributed by atoms with Crippen LogP contribution in [0.15, 0.2) is 12.4 Å². The van der Waals surface area contributed by atoms with E-state index in [0.29, 0.717) is 18.2 Å². The second-order valence-electron chi connectivity index (χ2n) is 3.00. The summed E-state index contributed by atoms with van der Waals surface area (Å²) in [4.78, 5) is 7.76. The van der Waals surface area contributed by atoms with Gasteiger partial charge in [-0.15, -0.1) is 0 Å². The van der Waals surface area contributed by atoms with E-state index in [1.807, 2.05) is 0 Å². The third-order valence-corrected chi connectivity index (χ3v) is 3.51. The fraction of sp³-hybridized carbons (Fsp3) is 0.500. The van der Waals surface area contributed by atoms with Crippen molar-refractivity contribution in [3.05, 3.63) is 12.4 Å². The largest absolute Gasteiger partial charge is 0.396 e. The van der Waals surface area contributed by atoms with Gasteiger partial charge in [-0.3, -0.25) is 0 Å². The molecule has 15 heavy (non-hydrogen) atoms. The minimum Gasteiger partial charge on any atom is -0.396 e. The summed E-state index contributed by atoms with van der Waals surface area (Å²) in [6.45, 7) is 1.93. The van der Waals surface area contributed by atoms with Crippen molar-refractivity contribution in [2.75, 3.05) is 29.1 Å². The average molecular weight is 230 g/mol. The molecule has 7 heteroatoms. The first kappa shape index (κ1) is 11.7. The molecule has 0 radical (unpaired) electrons. The lowest BCUT2D eigenvalue weighted by atomic mass is 10.6. The molecule has 0 atom stereocenters. The summed E-state index contributed by atoms with van der Waals surface area (Å²) in [5, 5.41) is 2.81. The van der Waals surface area contributed by atoms with Gasteiger partial charge in [0.1, 0.15) is 0 Å². The SMILES string of the molecule is CCS(=O)(=O)CCNc1ncc(N)cn1. The van der Waals surface area contributed by atoms with E-state index >= 15 is 0 Å². The molecule has 0 aliphatic carbocycles. The van der Waals surface area contributed by atoms with Gasteiger partial charge in [0.25, 0.3) is 0 Å². The van der Waals surface area contributed by atoms with Crippen LogP contribution in [0, 0.1) is 0 Å². The maximum absolute atomic E-state index is 11.1. The predicted molar refractivity (Wildman–Crippen MR) is 59.3 cm³/mol. The zero-order valence-electron chi connectivity index (χ0n) is 8.47. The lowest BCUT2D eigenvalue weighted by Gasteiger charge is -2.04. The first-order chi connectivity index (χ1) is 7.03. The molecule has 0 fully saturated rings. The average Bonchev–Trinajstić information content (AvgIpc) is 2.21. The molecule has 84 valence electrons. The van der Waals surface area contributed by atoms with E-state index in [2.05, 4.69) is 15.3 Å². The highest BCUT2D eigenvalue weighted by molar-refractivity contribution is 7.91. The molecule has 0 aliphatic heterocycles. The van der Waals surface area contributed by atoms with E-state index in [-0.39, 0.29) is 11.5 Å². The topological polar surface area (TPSA) is 98.0 Å². The fourth-order valence-corrected chi connectivity index (χ4v) is 1.59. The monoisotopic (exact) mass is 230 g/mol. The Morgan fingerprint density at radius 1 is 1.40 bits per heavy atom. The van der Waals surface area contributed by atoms with Crippen LogP contribution < -0.4 is 11.1 Å². The Labute approximate surface area is 88.8 Å². The standard InChI is InChI=1S/C8H14N4O2S/c1-2-15(13,14)4-3-10-8-11-5-7(9)6-12-8/h5-6H,2-4,9H2,1H3,(H,10,11,12).